The van der Waals surface area contributed by atoms with Gasteiger partial charge < -0.3 is 21.1 Å². The molecule has 1 aromatic rings. The van der Waals surface area contributed by atoms with Crippen molar-refractivity contribution in [3.05, 3.63) is 23.8 Å². The fourth-order valence-electron chi connectivity index (χ4n) is 1.77. The number of benzene rings is 1. The molecule has 4 N–H and O–H groups in total. The van der Waals surface area contributed by atoms with E-state index >= 15 is 0 Å². The number of methoxy groups -OCH3 is 1. The van der Waals surface area contributed by atoms with E-state index in [1.54, 1.807) is 18.2 Å². The van der Waals surface area contributed by atoms with Crippen LogP contribution in [0.15, 0.2) is 18.2 Å². The second-order valence-corrected chi connectivity index (χ2v) is 4.80. The molecule has 0 radical (unpaired) electrons. The Morgan fingerprint density at radius 3 is 2.80 bits per heavy atom. The van der Waals surface area contributed by atoms with Crippen LogP contribution in [0.5, 0.6) is 5.75 Å². The van der Waals surface area contributed by atoms with Crippen molar-refractivity contribution in [3.8, 4) is 5.75 Å². The highest BCUT2D eigenvalue weighted by Gasteiger charge is 2.22. The first-order valence-electron chi connectivity index (χ1n) is 6.61. The van der Waals surface area contributed by atoms with Crippen molar-refractivity contribution in [2.45, 2.75) is 25.3 Å². The van der Waals surface area contributed by atoms with E-state index in [-0.39, 0.29) is 24.8 Å². The van der Waals surface area contributed by atoms with Gasteiger partial charge in [0.15, 0.2) is 0 Å². The van der Waals surface area contributed by atoms with Gasteiger partial charge in [-0.15, -0.1) is 0 Å². The van der Waals surface area contributed by atoms with Crippen molar-refractivity contribution in [1.82, 2.24) is 10.6 Å². The number of anilines is 1. The fourth-order valence-corrected chi connectivity index (χ4v) is 1.77. The number of ether oxygens (including phenoxy) is 1. The maximum absolute atomic E-state index is 12.0. The van der Waals surface area contributed by atoms with Gasteiger partial charge in [0.05, 0.1) is 12.7 Å². The zero-order valence-corrected chi connectivity index (χ0v) is 11.4. The molecule has 6 nitrogen and oxygen atoms in total. The Bertz CT molecular complexity index is 512. The highest BCUT2D eigenvalue weighted by Crippen LogP contribution is 2.19. The van der Waals surface area contributed by atoms with Crippen LogP contribution in [-0.2, 0) is 4.79 Å². The average Bonchev–Trinajstić information content (AvgIpc) is 3.23. The quantitative estimate of drug-likeness (QED) is 0.666. The van der Waals surface area contributed by atoms with Crippen LogP contribution in [0.2, 0.25) is 0 Å². The molecular weight excluding hydrogens is 258 g/mol. The lowest BCUT2D eigenvalue weighted by Gasteiger charge is -2.09. The van der Waals surface area contributed by atoms with Gasteiger partial charge in [-0.05, 0) is 31.0 Å². The summed E-state index contributed by atoms with van der Waals surface area (Å²) in [5.41, 5.74) is 6.49. The van der Waals surface area contributed by atoms with E-state index < -0.39 is 0 Å². The molecule has 2 amide bonds. The highest BCUT2D eigenvalue weighted by molar-refractivity contribution is 5.99. The van der Waals surface area contributed by atoms with Gasteiger partial charge in [0.1, 0.15) is 5.75 Å². The van der Waals surface area contributed by atoms with Gasteiger partial charge in [0, 0.05) is 24.7 Å². The van der Waals surface area contributed by atoms with Crippen LogP contribution in [0.25, 0.3) is 0 Å². The topological polar surface area (TPSA) is 93.4 Å². The first-order valence-corrected chi connectivity index (χ1v) is 6.61. The summed E-state index contributed by atoms with van der Waals surface area (Å²) in [5.74, 6) is 0.225. The van der Waals surface area contributed by atoms with E-state index in [9.17, 15) is 9.59 Å². The number of nitrogens with two attached hydrogens (primary N) is 1. The largest absolute Gasteiger partial charge is 0.497 e. The SMILES string of the molecule is COc1ccc(N)c(C(=O)NCCC(=O)NC2CC2)c1. The average molecular weight is 277 g/mol. The minimum atomic E-state index is -0.305. The Morgan fingerprint density at radius 1 is 1.40 bits per heavy atom. The van der Waals surface area contributed by atoms with Crippen molar-refractivity contribution in [2.24, 2.45) is 0 Å². The lowest BCUT2D eigenvalue weighted by molar-refractivity contribution is -0.121. The van der Waals surface area contributed by atoms with Crippen LogP contribution in [0.3, 0.4) is 0 Å². The number of amides is 2. The van der Waals surface area contributed by atoms with Crippen molar-refractivity contribution < 1.29 is 14.3 Å². The number of carbonyl (C=O) groups excluding carboxylic acids is 2. The molecule has 1 aliphatic carbocycles. The van der Waals surface area contributed by atoms with Gasteiger partial charge >= 0.3 is 0 Å². The van der Waals surface area contributed by atoms with Crippen molar-refractivity contribution >= 4 is 17.5 Å². The summed E-state index contributed by atoms with van der Waals surface area (Å²) < 4.78 is 5.05. The van der Waals surface area contributed by atoms with Gasteiger partial charge in [-0.25, -0.2) is 0 Å². The summed E-state index contributed by atoms with van der Waals surface area (Å²) in [7, 11) is 1.52. The van der Waals surface area contributed by atoms with Crippen LogP contribution in [-0.4, -0.2) is 31.5 Å². The van der Waals surface area contributed by atoms with Gasteiger partial charge in [-0.3, -0.25) is 9.59 Å². The summed E-state index contributed by atoms with van der Waals surface area (Å²) in [4.78, 5) is 23.4. The maximum atomic E-state index is 12.0. The van der Waals surface area contributed by atoms with E-state index in [1.807, 2.05) is 0 Å². The van der Waals surface area contributed by atoms with Crippen LogP contribution in [0.4, 0.5) is 5.69 Å². The molecule has 2 rings (SSSR count). The Balaban J connectivity index is 1.83. The molecule has 1 aromatic carbocycles. The second kappa shape index (κ2) is 6.27. The molecule has 0 bridgehead atoms. The van der Waals surface area contributed by atoms with Gasteiger partial charge in [0.2, 0.25) is 5.91 Å². The molecule has 1 saturated carbocycles. The predicted molar refractivity (Wildman–Crippen MR) is 75.5 cm³/mol. The van der Waals surface area contributed by atoms with Crippen molar-refractivity contribution in [2.75, 3.05) is 19.4 Å². The Morgan fingerprint density at radius 2 is 2.15 bits per heavy atom. The third kappa shape index (κ3) is 3.88. The Labute approximate surface area is 117 Å². The first-order chi connectivity index (χ1) is 9.60. The zero-order valence-electron chi connectivity index (χ0n) is 11.4. The minimum absolute atomic E-state index is 0.0357. The molecule has 108 valence electrons. The summed E-state index contributed by atoms with van der Waals surface area (Å²) in [6.07, 6.45) is 2.38. The van der Waals surface area contributed by atoms with E-state index in [4.69, 9.17) is 10.5 Å². The molecule has 0 heterocycles. The molecule has 1 fully saturated rings. The number of nitrogens with one attached hydrogen (secondary N) is 2. The smallest absolute Gasteiger partial charge is 0.253 e. The molecule has 1 aliphatic rings. The zero-order chi connectivity index (χ0) is 14.5. The van der Waals surface area contributed by atoms with Crippen molar-refractivity contribution in [3.63, 3.8) is 0 Å². The third-order valence-corrected chi connectivity index (χ3v) is 3.09. The first kappa shape index (κ1) is 14.2. The molecule has 0 spiro atoms. The lowest BCUT2D eigenvalue weighted by atomic mass is 10.1. The number of nitrogen functional groups attached to an aromatic ring is 1. The van der Waals surface area contributed by atoms with E-state index in [1.165, 1.54) is 7.11 Å². The number of hydrogen-bond donors (Lipinski definition) is 3. The number of carbonyl (C=O) groups is 2. The Hall–Kier alpha value is -2.24. The predicted octanol–water partition coefficient (Wildman–Crippen LogP) is 0.676. The third-order valence-electron chi connectivity index (χ3n) is 3.09. The summed E-state index contributed by atoms with van der Waals surface area (Å²) in [6, 6.07) is 5.23. The minimum Gasteiger partial charge on any atom is -0.497 e. The highest BCUT2D eigenvalue weighted by atomic mass is 16.5. The van der Waals surface area contributed by atoms with Crippen LogP contribution in [0.1, 0.15) is 29.6 Å². The molecule has 20 heavy (non-hydrogen) atoms. The normalized spacial score (nSPS) is 13.7. The summed E-state index contributed by atoms with van der Waals surface area (Å²) >= 11 is 0. The van der Waals surface area contributed by atoms with Gasteiger partial charge in [-0.2, -0.15) is 0 Å². The van der Waals surface area contributed by atoms with E-state index in [2.05, 4.69) is 10.6 Å². The molecule has 0 aliphatic heterocycles. The van der Waals surface area contributed by atoms with Crippen LogP contribution in [0, 0.1) is 0 Å². The number of hydrogen-bond acceptors (Lipinski definition) is 4. The number of rotatable bonds is 6. The maximum Gasteiger partial charge on any atom is 0.253 e. The molecule has 0 aromatic heterocycles. The fraction of sp³-hybridized carbons (Fsp3) is 0.429. The van der Waals surface area contributed by atoms with Gasteiger partial charge in [0.25, 0.3) is 5.91 Å². The van der Waals surface area contributed by atoms with Crippen LogP contribution < -0.4 is 21.1 Å². The molecular formula is C14H19N3O3. The van der Waals surface area contributed by atoms with E-state index in [0.717, 1.165) is 12.8 Å². The standard InChI is InChI=1S/C14H19N3O3/c1-20-10-4-5-12(15)11(8-10)14(19)16-7-6-13(18)17-9-2-3-9/h4-5,8-9H,2-3,6-7,15H2,1H3,(H,16,19)(H,17,18). The van der Waals surface area contributed by atoms with E-state index in [0.29, 0.717) is 23.0 Å². The second-order valence-electron chi connectivity index (χ2n) is 4.80. The lowest BCUT2D eigenvalue weighted by Crippen LogP contribution is -2.31. The summed E-state index contributed by atoms with van der Waals surface area (Å²) in [6.45, 7) is 0.286. The van der Waals surface area contributed by atoms with Crippen LogP contribution >= 0.6 is 0 Å². The molecule has 0 saturated heterocycles. The molecule has 6 heteroatoms. The monoisotopic (exact) mass is 277 g/mol. The van der Waals surface area contributed by atoms with Gasteiger partial charge in [-0.1, -0.05) is 0 Å². The summed E-state index contributed by atoms with van der Waals surface area (Å²) in [5, 5.41) is 5.54. The molecule has 0 unspecified atom stereocenters. The Kier molecular flexibility index (Phi) is 4.45. The van der Waals surface area contributed by atoms with Crippen molar-refractivity contribution in [1.29, 1.82) is 0 Å². The molecule has 0 atom stereocenters.